The summed E-state index contributed by atoms with van der Waals surface area (Å²) in [5.74, 6) is -0.716. The Morgan fingerprint density at radius 2 is 1.53 bits per heavy atom. The molecule has 3 aromatic carbocycles. The van der Waals surface area contributed by atoms with Gasteiger partial charge < -0.3 is 9.80 Å². The lowest BCUT2D eigenvalue weighted by Crippen LogP contribution is -2.51. The van der Waals surface area contributed by atoms with Gasteiger partial charge in [0.2, 0.25) is 15.9 Å². The number of hydrogen-bond acceptors (Lipinski definition) is 4. The Morgan fingerprint density at radius 1 is 0.917 bits per heavy atom. The Labute approximate surface area is 220 Å². The molecule has 3 aromatic rings. The molecule has 1 amide bonds. The third-order valence-electron chi connectivity index (χ3n) is 6.18. The Balaban J connectivity index is 1.50. The maximum Gasteiger partial charge on any atom is 0.243 e. The van der Waals surface area contributed by atoms with Crippen molar-refractivity contribution in [1.29, 1.82) is 0 Å². The minimum absolute atomic E-state index is 0.0306. The zero-order valence-corrected chi connectivity index (χ0v) is 22.0. The number of carbonyl (C=O) groups is 1. The summed E-state index contributed by atoms with van der Waals surface area (Å²) in [5, 5.41) is 1.06. The van der Waals surface area contributed by atoms with Crippen molar-refractivity contribution >= 4 is 44.8 Å². The van der Waals surface area contributed by atoms with Crippen molar-refractivity contribution in [1.82, 2.24) is 9.21 Å². The Hall–Kier alpha value is -2.65. The van der Waals surface area contributed by atoms with Crippen LogP contribution in [0.3, 0.4) is 0 Å². The normalized spacial score (nSPS) is 14.4. The van der Waals surface area contributed by atoms with Crippen LogP contribution in [0.5, 0.6) is 0 Å². The molecule has 0 radical (unpaired) electrons. The highest BCUT2D eigenvalue weighted by molar-refractivity contribution is 7.89. The number of piperazine rings is 1. The van der Waals surface area contributed by atoms with Gasteiger partial charge in [0.1, 0.15) is 5.82 Å². The number of anilines is 1. The molecule has 6 nitrogen and oxygen atoms in total. The van der Waals surface area contributed by atoms with E-state index in [-0.39, 0.29) is 23.9 Å². The lowest BCUT2D eigenvalue weighted by molar-refractivity contribution is -0.131. The van der Waals surface area contributed by atoms with Gasteiger partial charge in [0.25, 0.3) is 0 Å². The van der Waals surface area contributed by atoms with E-state index in [4.69, 9.17) is 23.2 Å². The fourth-order valence-electron chi connectivity index (χ4n) is 4.15. The number of halogens is 3. The van der Waals surface area contributed by atoms with Gasteiger partial charge in [-0.1, -0.05) is 41.4 Å². The average Bonchev–Trinajstić information content (AvgIpc) is 2.86. The van der Waals surface area contributed by atoms with Gasteiger partial charge in [-0.05, 0) is 66.6 Å². The lowest BCUT2D eigenvalue weighted by atomic mass is 10.1. The first kappa shape index (κ1) is 26.4. The average molecular weight is 550 g/mol. The van der Waals surface area contributed by atoms with Crippen LogP contribution in [0, 0.1) is 12.7 Å². The molecule has 0 unspecified atom stereocenters. The van der Waals surface area contributed by atoms with E-state index in [2.05, 4.69) is 4.90 Å². The Bertz CT molecular complexity index is 1330. The molecule has 0 aromatic heterocycles. The van der Waals surface area contributed by atoms with Crippen LogP contribution in [-0.4, -0.2) is 56.3 Å². The maximum absolute atomic E-state index is 13.5. The molecule has 0 aliphatic carbocycles. The summed E-state index contributed by atoms with van der Waals surface area (Å²) >= 11 is 12.1. The summed E-state index contributed by atoms with van der Waals surface area (Å²) in [6.07, 6.45) is 0. The van der Waals surface area contributed by atoms with Crippen molar-refractivity contribution in [3.63, 3.8) is 0 Å². The number of benzene rings is 3. The smallest absolute Gasteiger partial charge is 0.243 e. The quantitative estimate of drug-likeness (QED) is 0.417. The second-order valence-electron chi connectivity index (χ2n) is 8.65. The van der Waals surface area contributed by atoms with E-state index >= 15 is 0 Å². The maximum atomic E-state index is 13.5. The first-order chi connectivity index (χ1) is 17.1. The van der Waals surface area contributed by atoms with E-state index in [1.165, 1.54) is 48.5 Å². The lowest BCUT2D eigenvalue weighted by Gasteiger charge is -2.37. The number of nitrogens with zero attached hydrogens (tertiary/aromatic N) is 3. The molecule has 190 valence electrons. The number of aryl methyl sites for hydroxylation is 1. The molecule has 10 heteroatoms. The van der Waals surface area contributed by atoms with E-state index in [9.17, 15) is 17.6 Å². The van der Waals surface area contributed by atoms with Gasteiger partial charge >= 0.3 is 0 Å². The van der Waals surface area contributed by atoms with Gasteiger partial charge in [-0.15, -0.1) is 0 Å². The highest BCUT2D eigenvalue weighted by atomic mass is 35.5. The minimum atomic E-state index is -4.02. The number of amides is 1. The van der Waals surface area contributed by atoms with Crippen LogP contribution in [0.4, 0.5) is 10.1 Å². The molecule has 36 heavy (non-hydrogen) atoms. The third-order valence-corrected chi connectivity index (χ3v) is 8.47. The van der Waals surface area contributed by atoms with Crippen LogP contribution in [-0.2, 0) is 21.4 Å². The predicted molar refractivity (Wildman–Crippen MR) is 140 cm³/mol. The SMILES string of the molecule is Cc1ccc(Cl)cc1N1CCN(C(=O)CN(Cc2ccc(F)cc2)S(=O)(=O)c2ccc(Cl)cc2)CC1. The van der Waals surface area contributed by atoms with Crippen LogP contribution in [0.25, 0.3) is 0 Å². The van der Waals surface area contributed by atoms with Crippen LogP contribution >= 0.6 is 23.2 Å². The summed E-state index contributed by atoms with van der Waals surface area (Å²) in [5.41, 5.74) is 2.69. The molecule has 0 atom stereocenters. The summed E-state index contributed by atoms with van der Waals surface area (Å²) in [7, 11) is -4.02. The largest absolute Gasteiger partial charge is 0.368 e. The van der Waals surface area contributed by atoms with Gasteiger partial charge in [0.05, 0.1) is 11.4 Å². The zero-order valence-electron chi connectivity index (χ0n) is 19.7. The molecule has 4 rings (SSSR count). The van der Waals surface area contributed by atoms with Crippen LogP contribution in [0.15, 0.2) is 71.6 Å². The summed E-state index contributed by atoms with van der Waals surface area (Å²) in [6, 6.07) is 17.1. The van der Waals surface area contributed by atoms with E-state index < -0.39 is 15.8 Å². The topological polar surface area (TPSA) is 60.9 Å². The molecule has 0 N–H and O–H groups in total. The van der Waals surface area contributed by atoms with Crippen LogP contribution in [0.2, 0.25) is 10.0 Å². The van der Waals surface area contributed by atoms with Gasteiger partial charge in [-0.3, -0.25) is 4.79 Å². The third kappa shape index (κ3) is 6.18. The molecular formula is C26H26Cl2FN3O3S. The van der Waals surface area contributed by atoms with Gasteiger partial charge in [0, 0.05) is 48.5 Å². The molecule has 0 bridgehead atoms. The molecular weight excluding hydrogens is 524 g/mol. The Morgan fingerprint density at radius 3 is 2.17 bits per heavy atom. The number of rotatable bonds is 7. The molecule has 1 heterocycles. The van der Waals surface area contributed by atoms with Crippen molar-refractivity contribution in [2.75, 3.05) is 37.6 Å². The van der Waals surface area contributed by atoms with Crippen molar-refractivity contribution in [2.24, 2.45) is 0 Å². The first-order valence-corrected chi connectivity index (χ1v) is 13.6. The standard InChI is InChI=1S/C26H26Cl2FN3O3S/c1-19-2-5-22(28)16-25(19)30-12-14-31(15-13-30)26(33)18-32(17-20-3-8-23(29)9-4-20)36(34,35)24-10-6-21(27)7-11-24/h2-11,16H,12-15,17-18H2,1H3. The molecule has 1 fully saturated rings. The Kier molecular flexibility index (Phi) is 8.20. The van der Waals surface area contributed by atoms with Crippen molar-refractivity contribution < 1.29 is 17.6 Å². The predicted octanol–water partition coefficient (Wildman–Crippen LogP) is 4.98. The molecule has 1 aliphatic rings. The first-order valence-electron chi connectivity index (χ1n) is 11.4. The van der Waals surface area contributed by atoms with Gasteiger partial charge in [0.15, 0.2) is 0 Å². The van der Waals surface area contributed by atoms with Crippen molar-refractivity contribution in [2.45, 2.75) is 18.4 Å². The molecule has 0 spiro atoms. The van der Waals surface area contributed by atoms with Gasteiger partial charge in [-0.2, -0.15) is 4.31 Å². The second kappa shape index (κ2) is 11.2. The summed E-state index contributed by atoms with van der Waals surface area (Å²) < 4.78 is 41.4. The second-order valence-corrected chi connectivity index (χ2v) is 11.5. The van der Waals surface area contributed by atoms with E-state index in [1.54, 1.807) is 4.90 Å². The molecule has 1 saturated heterocycles. The van der Waals surface area contributed by atoms with Crippen LogP contribution in [0.1, 0.15) is 11.1 Å². The fraction of sp³-hybridized carbons (Fsp3) is 0.269. The number of hydrogen-bond donors (Lipinski definition) is 0. The molecule has 1 aliphatic heterocycles. The van der Waals surface area contributed by atoms with E-state index in [0.717, 1.165) is 15.6 Å². The summed E-state index contributed by atoms with van der Waals surface area (Å²) in [6.45, 7) is 3.73. The molecule has 0 saturated carbocycles. The minimum Gasteiger partial charge on any atom is -0.368 e. The number of sulfonamides is 1. The fourth-order valence-corrected chi connectivity index (χ4v) is 5.82. The van der Waals surface area contributed by atoms with Crippen molar-refractivity contribution in [3.8, 4) is 0 Å². The van der Waals surface area contributed by atoms with Crippen molar-refractivity contribution in [3.05, 3.63) is 93.7 Å². The zero-order chi connectivity index (χ0) is 25.9. The summed E-state index contributed by atoms with van der Waals surface area (Å²) in [4.78, 5) is 17.1. The van der Waals surface area contributed by atoms with Crippen LogP contribution < -0.4 is 4.90 Å². The monoisotopic (exact) mass is 549 g/mol. The highest BCUT2D eigenvalue weighted by Gasteiger charge is 2.30. The number of carbonyl (C=O) groups excluding carboxylic acids is 1. The highest BCUT2D eigenvalue weighted by Crippen LogP contribution is 2.26. The van der Waals surface area contributed by atoms with E-state index in [1.807, 2.05) is 25.1 Å². The van der Waals surface area contributed by atoms with Gasteiger partial charge in [-0.25, -0.2) is 12.8 Å². The van der Waals surface area contributed by atoms with E-state index in [0.29, 0.717) is 41.8 Å².